The highest BCUT2D eigenvalue weighted by Crippen LogP contribution is 2.23. The molecule has 1 amide bonds. The number of hydrogen-bond acceptors (Lipinski definition) is 7. The van der Waals surface area contributed by atoms with Crippen LogP contribution in [0.1, 0.15) is 16.2 Å². The molecule has 9 heteroatoms. The van der Waals surface area contributed by atoms with E-state index in [1.54, 1.807) is 16.6 Å². The van der Waals surface area contributed by atoms with Gasteiger partial charge in [0.2, 0.25) is 0 Å². The summed E-state index contributed by atoms with van der Waals surface area (Å²) >= 11 is 0. The van der Waals surface area contributed by atoms with Crippen molar-refractivity contribution in [3.63, 3.8) is 0 Å². The van der Waals surface area contributed by atoms with Crippen LogP contribution in [0.5, 0.6) is 0 Å². The van der Waals surface area contributed by atoms with Gasteiger partial charge in [0.05, 0.1) is 6.26 Å². The van der Waals surface area contributed by atoms with E-state index >= 15 is 0 Å². The lowest BCUT2D eigenvalue weighted by Gasteiger charge is -2.35. The molecule has 0 aliphatic carbocycles. The number of fused-ring (bicyclic) bond motifs is 1. The van der Waals surface area contributed by atoms with Crippen LogP contribution in [0.2, 0.25) is 0 Å². The maximum absolute atomic E-state index is 12.4. The Balaban J connectivity index is 1.24. The fourth-order valence-electron chi connectivity index (χ4n) is 3.65. The van der Waals surface area contributed by atoms with Gasteiger partial charge in [-0.25, -0.2) is 4.98 Å². The number of aryl methyl sites for hydroxylation is 1. The highest BCUT2D eigenvalue weighted by molar-refractivity contribution is 5.91. The number of rotatable bonds is 4. The van der Waals surface area contributed by atoms with Crippen molar-refractivity contribution >= 4 is 28.9 Å². The van der Waals surface area contributed by atoms with Gasteiger partial charge in [-0.15, -0.1) is 0 Å². The van der Waals surface area contributed by atoms with Crippen LogP contribution in [0.3, 0.4) is 0 Å². The Morgan fingerprint density at radius 2 is 1.90 bits per heavy atom. The summed E-state index contributed by atoms with van der Waals surface area (Å²) < 4.78 is 6.90. The average molecular weight is 403 g/mol. The molecule has 1 aliphatic rings. The summed E-state index contributed by atoms with van der Waals surface area (Å²) in [5.74, 6) is 1.72. The third-order valence-corrected chi connectivity index (χ3v) is 5.18. The van der Waals surface area contributed by atoms with Crippen molar-refractivity contribution < 1.29 is 9.21 Å². The molecule has 1 N–H and O–H groups in total. The van der Waals surface area contributed by atoms with Gasteiger partial charge in [-0.3, -0.25) is 4.79 Å². The number of carbonyl (C=O) groups is 1. The number of amides is 1. The van der Waals surface area contributed by atoms with Crippen molar-refractivity contribution in [2.75, 3.05) is 36.4 Å². The van der Waals surface area contributed by atoms with Gasteiger partial charge in [-0.05, 0) is 43.3 Å². The molecule has 0 spiro atoms. The molecule has 5 rings (SSSR count). The predicted octanol–water partition coefficient (Wildman–Crippen LogP) is 2.73. The van der Waals surface area contributed by atoms with Crippen molar-refractivity contribution in [3.05, 3.63) is 66.5 Å². The van der Waals surface area contributed by atoms with Crippen LogP contribution in [-0.4, -0.2) is 56.6 Å². The number of piperazine rings is 1. The molecule has 0 unspecified atom stereocenters. The number of carbonyl (C=O) groups excluding carboxylic acids is 1. The maximum Gasteiger partial charge on any atom is 0.289 e. The van der Waals surface area contributed by atoms with Crippen LogP contribution in [0, 0.1) is 6.92 Å². The Morgan fingerprint density at radius 3 is 2.63 bits per heavy atom. The van der Waals surface area contributed by atoms with E-state index in [4.69, 9.17) is 4.42 Å². The number of nitrogens with zero attached hydrogens (tertiary/aromatic N) is 6. The summed E-state index contributed by atoms with van der Waals surface area (Å²) in [6, 6.07) is 13.6. The second-order valence-corrected chi connectivity index (χ2v) is 7.18. The van der Waals surface area contributed by atoms with Gasteiger partial charge in [-0.1, -0.05) is 0 Å². The SMILES string of the molecule is Cc1cc(Nc2ccc(N3CCN(C(=O)c4ccco4)CC3)cc2)n2ncnc2n1. The summed E-state index contributed by atoms with van der Waals surface area (Å²) in [7, 11) is 0. The number of nitrogens with one attached hydrogen (secondary N) is 1. The van der Waals surface area contributed by atoms with E-state index in [0.717, 1.165) is 36.0 Å². The summed E-state index contributed by atoms with van der Waals surface area (Å²) in [4.78, 5) is 25.0. The van der Waals surface area contributed by atoms with Gasteiger partial charge in [0.15, 0.2) is 5.76 Å². The van der Waals surface area contributed by atoms with Crippen molar-refractivity contribution in [1.82, 2.24) is 24.5 Å². The van der Waals surface area contributed by atoms with Crippen LogP contribution in [0.25, 0.3) is 5.78 Å². The lowest BCUT2D eigenvalue weighted by atomic mass is 10.2. The minimum atomic E-state index is -0.0498. The molecular formula is C21H21N7O2. The van der Waals surface area contributed by atoms with Gasteiger partial charge in [-0.2, -0.15) is 14.6 Å². The van der Waals surface area contributed by atoms with Crippen LogP contribution >= 0.6 is 0 Å². The van der Waals surface area contributed by atoms with Crippen molar-refractivity contribution in [3.8, 4) is 0 Å². The average Bonchev–Trinajstić information content (AvgIpc) is 3.46. The van der Waals surface area contributed by atoms with Gasteiger partial charge in [0, 0.05) is 49.3 Å². The monoisotopic (exact) mass is 403 g/mol. The van der Waals surface area contributed by atoms with Crippen LogP contribution in [0.4, 0.5) is 17.2 Å². The van der Waals surface area contributed by atoms with Crippen LogP contribution < -0.4 is 10.2 Å². The van der Waals surface area contributed by atoms with E-state index in [-0.39, 0.29) is 5.91 Å². The Kier molecular flexibility index (Phi) is 4.55. The maximum atomic E-state index is 12.4. The van der Waals surface area contributed by atoms with E-state index in [0.29, 0.717) is 24.6 Å². The van der Waals surface area contributed by atoms with E-state index < -0.39 is 0 Å². The molecule has 3 aromatic heterocycles. The van der Waals surface area contributed by atoms with Crippen LogP contribution in [-0.2, 0) is 0 Å². The standard InChI is InChI=1S/C21H21N7O2/c1-15-13-19(28-21(24-15)22-14-23-28)25-16-4-6-17(7-5-16)26-8-10-27(11-9-26)20(29)18-3-2-12-30-18/h2-7,12-14,25H,8-11H2,1H3. The van der Waals surface area contributed by atoms with Gasteiger partial charge in [0.1, 0.15) is 12.1 Å². The fourth-order valence-corrected chi connectivity index (χ4v) is 3.65. The Morgan fingerprint density at radius 1 is 1.10 bits per heavy atom. The first-order valence-electron chi connectivity index (χ1n) is 9.79. The fraction of sp³-hybridized carbons (Fsp3) is 0.238. The lowest BCUT2D eigenvalue weighted by molar-refractivity contribution is 0.0714. The third kappa shape index (κ3) is 3.45. The minimum Gasteiger partial charge on any atom is -0.459 e. The molecular weight excluding hydrogens is 382 g/mol. The largest absolute Gasteiger partial charge is 0.459 e. The van der Waals surface area contributed by atoms with E-state index in [1.807, 2.05) is 30.0 Å². The number of anilines is 3. The zero-order chi connectivity index (χ0) is 20.5. The van der Waals surface area contributed by atoms with Gasteiger partial charge in [0.25, 0.3) is 11.7 Å². The van der Waals surface area contributed by atoms with Gasteiger partial charge < -0.3 is 19.5 Å². The molecule has 9 nitrogen and oxygen atoms in total. The van der Waals surface area contributed by atoms with Gasteiger partial charge >= 0.3 is 0 Å². The highest BCUT2D eigenvalue weighted by atomic mass is 16.3. The normalized spacial score (nSPS) is 14.3. The first-order valence-corrected chi connectivity index (χ1v) is 9.79. The molecule has 4 aromatic rings. The quantitative estimate of drug-likeness (QED) is 0.560. The molecule has 1 fully saturated rings. The van der Waals surface area contributed by atoms with Crippen LogP contribution in [0.15, 0.2) is 59.5 Å². The molecule has 0 radical (unpaired) electrons. The lowest BCUT2D eigenvalue weighted by Crippen LogP contribution is -2.48. The molecule has 4 heterocycles. The number of furan rings is 1. The number of benzene rings is 1. The Bertz CT molecular complexity index is 1160. The predicted molar refractivity (Wildman–Crippen MR) is 112 cm³/mol. The summed E-state index contributed by atoms with van der Waals surface area (Å²) in [5.41, 5.74) is 2.95. The molecule has 0 saturated carbocycles. The molecule has 30 heavy (non-hydrogen) atoms. The van der Waals surface area contributed by atoms with E-state index in [1.165, 1.54) is 12.6 Å². The summed E-state index contributed by atoms with van der Waals surface area (Å²) in [5, 5.41) is 7.60. The highest BCUT2D eigenvalue weighted by Gasteiger charge is 2.23. The van der Waals surface area contributed by atoms with E-state index in [9.17, 15) is 4.79 Å². The van der Waals surface area contributed by atoms with Crippen molar-refractivity contribution in [2.24, 2.45) is 0 Å². The molecule has 152 valence electrons. The molecule has 1 aromatic carbocycles. The first kappa shape index (κ1) is 18.2. The van der Waals surface area contributed by atoms with E-state index in [2.05, 4.69) is 37.4 Å². The smallest absolute Gasteiger partial charge is 0.289 e. The second-order valence-electron chi connectivity index (χ2n) is 7.18. The summed E-state index contributed by atoms with van der Waals surface area (Å²) in [6.45, 7) is 4.82. The van der Waals surface area contributed by atoms with Crippen molar-refractivity contribution in [1.29, 1.82) is 0 Å². The first-order chi connectivity index (χ1) is 14.7. The Hall–Kier alpha value is -3.88. The number of aromatic nitrogens is 4. The summed E-state index contributed by atoms with van der Waals surface area (Å²) in [6.07, 6.45) is 3.02. The third-order valence-electron chi connectivity index (χ3n) is 5.18. The number of hydrogen-bond donors (Lipinski definition) is 1. The van der Waals surface area contributed by atoms with Crippen molar-refractivity contribution in [2.45, 2.75) is 6.92 Å². The minimum absolute atomic E-state index is 0.0498. The zero-order valence-electron chi connectivity index (χ0n) is 16.5. The molecule has 1 aliphatic heterocycles. The zero-order valence-corrected chi connectivity index (χ0v) is 16.5. The molecule has 1 saturated heterocycles. The molecule has 0 atom stereocenters. The Labute approximate surface area is 173 Å². The molecule has 0 bridgehead atoms. The second kappa shape index (κ2) is 7.51. The topological polar surface area (TPSA) is 91.8 Å².